The first kappa shape index (κ1) is 11.3. The third-order valence-corrected chi connectivity index (χ3v) is 3.11. The normalized spacial score (nSPS) is 22.9. The molecule has 1 aromatic heterocycles. The van der Waals surface area contributed by atoms with Crippen LogP contribution in [0.3, 0.4) is 0 Å². The van der Waals surface area contributed by atoms with Crippen LogP contribution in [0.15, 0.2) is 12.3 Å². The molecule has 2 atom stereocenters. The lowest BCUT2D eigenvalue weighted by Gasteiger charge is -2.05. The van der Waals surface area contributed by atoms with Gasteiger partial charge < -0.3 is 5.32 Å². The molecule has 0 bridgehead atoms. The van der Waals surface area contributed by atoms with Crippen molar-refractivity contribution in [1.29, 1.82) is 0 Å². The van der Waals surface area contributed by atoms with Crippen LogP contribution in [0.1, 0.15) is 30.1 Å². The van der Waals surface area contributed by atoms with E-state index >= 15 is 0 Å². The van der Waals surface area contributed by atoms with E-state index < -0.39 is 5.82 Å². The number of hydrogen-bond acceptors (Lipinski definition) is 2. The fraction of sp³-hybridized carbons (Fsp3) is 0.455. The lowest BCUT2D eigenvalue weighted by atomic mass is 10.2. The van der Waals surface area contributed by atoms with Crippen molar-refractivity contribution in [3.8, 4) is 0 Å². The maximum atomic E-state index is 12.9. The largest absolute Gasteiger partial charge is 0.349 e. The predicted molar refractivity (Wildman–Crippen MR) is 58.9 cm³/mol. The van der Waals surface area contributed by atoms with Crippen LogP contribution in [0.4, 0.5) is 4.39 Å². The average Bonchev–Trinajstić information content (AvgIpc) is 3.00. The van der Waals surface area contributed by atoms with Gasteiger partial charge >= 0.3 is 0 Å². The lowest BCUT2D eigenvalue weighted by Crippen LogP contribution is -2.27. The average molecular weight is 243 g/mol. The van der Waals surface area contributed by atoms with Crippen molar-refractivity contribution in [2.45, 2.75) is 25.8 Å². The van der Waals surface area contributed by atoms with Gasteiger partial charge in [0.2, 0.25) is 0 Å². The van der Waals surface area contributed by atoms with Gasteiger partial charge in [0.1, 0.15) is 11.0 Å². The third kappa shape index (κ3) is 2.32. The summed E-state index contributed by atoms with van der Waals surface area (Å²) in [5.41, 5.74) is 0.100. The molecule has 3 nitrogen and oxygen atoms in total. The van der Waals surface area contributed by atoms with Crippen LogP contribution < -0.4 is 5.32 Å². The molecule has 86 valence electrons. The number of carbonyl (C=O) groups is 1. The minimum absolute atomic E-state index is 0.0348. The molecule has 1 saturated carbocycles. The van der Waals surface area contributed by atoms with Gasteiger partial charge in [0.05, 0.1) is 11.8 Å². The number of hydrogen-bond donors (Lipinski definition) is 1. The van der Waals surface area contributed by atoms with E-state index in [0.717, 1.165) is 25.1 Å². The minimum Gasteiger partial charge on any atom is -0.349 e. The Morgan fingerprint density at radius 1 is 1.75 bits per heavy atom. The zero-order valence-corrected chi connectivity index (χ0v) is 9.59. The fourth-order valence-electron chi connectivity index (χ4n) is 1.70. The van der Waals surface area contributed by atoms with E-state index in [1.165, 1.54) is 0 Å². The first-order chi connectivity index (χ1) is 7.61. The van der Waals surface area contributed by atoms with Crippen molar-refractivity contribution in [2.75, 3.05) is 0 Å². The van der Waals surface area contributed by atoms with Crippen LogP contribution in [0.25, 0.3) is 0 Å². The van der Waals surface area contributed by atoms with Gasteiger partial charge in [-0.2, -0.15) is 0 Å². The summed E-state index contributed by atoms with van der Waals surface area (Å²) in [6, 6.07) is 1.31. The quantitative estimate of drug-likeness (QED) is 0.827. The van der Waals surface area contributed by atoms with Crippen molar-refractivity contribution in [3.63, 3.8) is 0 Å². The molecule has 1 aliphatic carbocycles. The SMILES string of the molecule is CCC1CC1NC(=O)c1cc(F)cnc1Cl. The lowest BCUT2D eigenvalue weighted by molar-refractivity contribution is 0.0948. The predicted octanol–water partition coefficient (Wildman–Crippen LogP) is 2.40. The highest BCUT2D eigenvalue weighted by molar-refractivity contribution is 6.32. The van der Waals surface area contributed by atoms with E-state index in [1.807, 2.05) is 0 Å². The van der Waals surface area contributed by atoms with Gasteiger partial charge in [-0.1, -0.05) is 24.9 Å². The second-order valence-electron chi connectivity index (χ2n) is 3.98. The van der Waals surface area contributed by atoms with Crippen molar-refractivity contribution >= 4 is 17.5 Å². The monoisotopic (exact) mass is 242 g/mol. The molecule has 1 aliphatic rings. The Bertz CT molecular complexity index is 424. The van der Waals surface area contributed by atoms with Crippen molar-refractivity contribution < 1.29 is 9.18 Å². The number of aromatic nitrogens is 1. The molecule has 16 heavy (non-hydrogen) atoms. The molecule has 1 amide bonds. The van der Waals surface area contributed by atoms with E-state index in [-0.39, 0.29) is 22.7 Å². The van der Waals surface area contributed by atoms with E-state index in [9.17, 15) is 9.18 Å². The van der Waals surface area contributed by atoms with Gasteiger partial charge in [-0.25, -0.2) is 9.37 Å². The molecule has 5 heteroatoms. The summed E-state index contributed by atoms with van der Waals surface area (Å²) in [7, 11) is 0. The van der Waals surface area contributed by atoms with Gasteiger partial charge in [-0.3, -0.25) is 4.79 Å². The smallest absolute Gasteiger partial charge is 0.254 e. The van der Waals surface area contributed by atoms with Crippen LogP contribution >= 0.6 is 11.6 Å². The van der Waals surface area contributed by atoms with Crippen LogP contribution in [0, 0.1) is 11.7 Å². The fourth-order valence-corrected chi connectivity index (χ4v) is 1.89. The maximum absolute atomic E-state index is 12.9. The molecule has 1 heterocycles. The molecule has 2 rings (SSSR count). The van der Waals surface area contributed by atoms with Gasteiger partial charge in [0.25, 0.3) is 5.91 Å². The Hall–Kier alpha value is -1.16. The van der Waals surface area contributed by atoms with Gasteiger partial charge in [-0.15, -0.1) is 0 Å². The van der Waals surface area contributed by atoms with E-state index in [2.05, 4.69) is 17.2 Å². The Kier molecular flexibility index (Phi) is 3.10. The van der Waals surface area contributed by atoms with Crippen LogP contribution in [-0.2, 0) is 0 Å². The standard InChI is InChI=1S/C11H12ClFN2O/c1-2-6-3-9(6)15-11(16)8-4-7(13)5-14-10(8)12/h4-6,9H,2-3H2,1H3,(H,15,16). The Labute approximate surface area is 98.0 Å². The van der Waals surface area contributed by atoms with Gasteiger partial charge in [0, 0.05) is 6.04 Å². The number of amides is 1. The summed E-state index contributed by atoms with van der Waals surface area (Å²) < 4.78 is 12.9. The molecule has 0 aromatic carbocycles. The summed E-state index contributed by atoms with van der Waals surface area (Å²) in [6.07, 6.45) is 3.02. The highest BCUT2D eigenvalue weighted by atomic mass is 35.5. The van der Waals surface area contributed by atoms with Gasteiger partial charge in [0.15, 0.2) is 0 Å². The number of halogens is 2. The Morgan fingerprint density at radius 3 is 3.12 bits per heavy atom. The van der Waals surface area contributed by atoms with E-state index in [1.54, 1.807) is 0 Å². The molecule has 0 radical (unpaired) electrons. The number of pyridine rings is 1. The molecule has 0 spiro atoms. The summed E-state index contributed by atoms with van der Waals surface area (Å²) in [5.74, 6) is -0.361. The molecular weight excluding hydrogens is 231 g/mol. The highest BCUT2D eigenvalue weighted by Crippen LogP contribution is 2.33. The van der Waals surface area contributed by atoms with E-state index in [0.29, 0.717) is 5.92 Å². The molecule has 1 fully saturated rings. The van der Waals surface area contributed by atoms with Crippen molar-refractivity contribution in [2.24, 2.45) is 5.92 Å². The first-order valence-electron chi connectivity index (χ1n) is 5.23. The second kappa shape index (κ2) is 4.37. The Morgan fingerprint density at radius 2 is 2.50 bits per heavy atom. The molecule has 0 aliphatic heterocycles. The topological polar surface area (TPSA) is 42.0 Å². The molecule has 1 N–H and O–H groups in total. The zero-order chi connectivity index (χ0) is 11.7. The summed E-state index contributed by atoms with van der Waals surface area (Å²) in [6.45, 7) is 2.08. The minimum atomic E-state index is -0.558. The van der Waals surface area contributed by atoms with Gasteiger partial charge in [-0.05, 0) is 18.4 Å². The molecule has 0 saturated heterocycles. The summed E-state index contributed by atoms with van der Waals surface area (Å²) >= 11 is 5.73. The molecule has 2 unspecified atom stereocenters. The van der Waals surface area contributed by atoms with E-state index in [4.69, 9.17) is 11.6 Å². The van der Waals surface area contributed by atoms with Crippen LogP contribution in [0.2, 0.25) is 5.15 Å². The molecule has 1 aromatic rings. The number of carbonyl (C=O) groups excluding carboxylic acids is 1. The van der Waals surface area contributed by atoms with Crippen LogP contribution in [-0.4, -0.2) is 16.9 Å². The second-order valence-corrected chi connectivity index (χ2v) is 4.33. The summed E-state index contributed by atoms with van der Waals surface area (Å²) in [5, 5.41) is 2.84. The van der Waals surface area contributed by atoms with Crippen molar-refractivity contribution in [1.82, 2.24) is 10.3 Å². The Balaban J connectivity index is 2.06. The first-order valence-corrected chi connectivity index (χ1v) is 5.61. The number of nitrogens with one attached hydrogen (secondary N) is 1. The molecular formula is C11H12ClFN2O. The number of rotatable bonds is 3. The van der Waals surface area contributed by atoms with Crippen LogP contribution in [0.5, 0.6) is 0 Å². The zero-order valence-electron chi connectivity index (χ0n) is 8.84. The van der Waals surface area contributed by atoms with Crippen molar-refractivity contribution in [3.05, 3.63) is 28.8 Å². The maximum Gasteiger partial charge on any atom is 0.254 e. The highest BCUT2D eigenvalue weighted by Gasteiger charge is 2.36. The summed E-state index contributed by atoms with van der Waals surface area (Å²) in [4.78, 5) is 15.3. The number of nitrogens with zero attached hydrogens (tertiary/aromatic N) is 1. The third-order valence-electron chi connectivity index (χ3n) is 2.81.